The van der Waals surface area contributed by atoms with E-state index in [0.29, 0.717) is 0 Å². The molecule has 1 saturated carbocycles. The predicted molar refractivity (Wildman–Crippen MR) is 51.2 cm³/mol. The van der Waals surface area contributed by atoms with Crippen LogP contribution < -0.4 is 5.73 Å². The van der Waals surface area contributed by atoms with Crippen LogP contribution in [0.25, 0.3) is 0 Å². The van der Waals surface area contributed by atoms with Crippen LogP contribution in [0, 0.1) is 6.92 Å². The van der Waals surface area contributed by atoms with Gasteiger partial charge in [0.15, 0.2) is 0 Å². The van der Waals surface area contributed by atoms with Gasteiger partial charge in [0.05, 0.1) is 5.54 Å². The molecule has 1 fully saturated rings. The second-order valence-electron chi connectivity index (χ2n) is 3.83. The van der Waals surface area contributed by atoms with E-state index in [1.54, 1.807) is 0 Å². The van der Waals surface area contributed by atoms with Crippen molar-refractivity contribution in [3.05, 3.63) is 23.3 Å². The molecule has 0 aliphatic heterocycles. The molecular weight excluding hydrogens is 162 g/mol. The van der Waals surface area contributed by atoms with E-state index < -0.39 is 0 Å². The van der Waals surface area contributed by atoms with Crippen LogP contribution in [-0.2, 0) is 12.0 Å². The lowest BCUT2D eigenvalue weighted by Crippen LogP contribution is -2.23. The lowest BCUT2D eigenvalue weighted by atomic mass is 10.2. The number of aromatic nitrogens is 2. The number of rotatable bonds is 2. The van der Waals surface area contributed by atoms with Gasteiger partial charge in [0.2, 0.25) is 0 Å². The number of nitrogens with zero attached hydrogens (tertiary/aromatic N) is 2. The normalized spacial score (nSPS) is 18.7. The number of hydrogen-bond acceptors (Lipinski definition) is 3. The molecule has 3 heteroatoms. The van der Waals surface area contributed by atoms with E-state index >= 15 is 0 Å². The third kappa shape index (κ3) is 1.56. The summed E-state index contributed by atoms with van der Waals surface area (Å²) in [5.41, 5.74) is 7.96. The highest BCUT2D eigenvalue weighted by atomic mass is 15.0. The number of aryl methyl sites for hydroxylation is 2. The van der Waals surface area contributed by atoms with Gasteiger partial charge in [-0.1, -0.05) is 6.92 Å². The first kappa shape index (κ1) is 8.63. The van der Waals surface area contributed by atoms with Gasteiger partial charge in [0.1, 0.15) is 5.82 Å². The second kappa shape index (κ2) is 2.77. The molecular formula is C10H15N3. The third-order valence-electron chi connectivity index (χ3n) is 2.50. The first-order valence-corrected chi connectivity index (χ1v) is 4.78. The van der Waals surface area contributed by atoms with Gasteiger partial charge in [-0.2, -0.15) is 0 Å². The van der Waals surface area contributed by atoms with Crippen LogP contribution >= 0.6 is 0 Å². The van der Waals surface area contributed by atoms with Crippen LogP contribution in [0.3, 0.4) is 0 Å². The Labute approximate surface area is 78.4 Å². The molecule has 1 heterocycles. The molecule has 70 valence electrons. The largest absolute Gasteiger partial charge is 0.319 e. The maximum absolute atomic E-state index is 6.04. The van der Waals surface area contributed by atoms with Crippen molar-refractivity contribution in [3.8, 4) is 0 Å². The van der Waals surface area contributed by atoms with Gasteiger partial charge in [-0.3, -0.25) is 0 Å². The first-order valence-electron chi connectivity index (χ1n) is 4.78. The van der Waals surface area contributed by atoms with E-state index in [1.165, 1.54) is 0 Å². The van der Waals surface area contributed by atoms with Crippen LogP contribution in [-0.4, -0.2) is 9.97 Å². The Morgan fingerprint density at radius 3 is 2.69 bits per heavy atom. The molecule has 13 heavy (non-hydrogen) atoms. The molecule has 0 saturated heterocycles. The summed E-state index contributed by atoms with van der Waals surface area (Å²) in [6.07, 6.45) is 3.01. The zero-order valence-corrected chi connectivity index (χ0v) is 8.17. The highest BCUT2D eigenvalue weighted by Crippen LogP contribution is 2.40. The molecule has 0 spiro atoms. The van der Waals surface area contributed by atoms with Crippen molar-refractivity contribution in [2.24, 2.45) is 5.73 Å². The van der Waals surface area contributed by atoms with Crippen LogP contribution in [0.1, 0.15) is 37.0 Å². The Hall–Kier alpha value is -0.960. The Bertz CT molecular complexity index is 329. The highest BCUT2D eigenvalue weighted by Gasteiger charge is 2.43. The molecule has 0 radical (unpaired) electrons. The molecule has 0 unspecified atom stereocenters. The maximum atomic E-state index is 6.04. The minimum atomic E-state index is -0.198. The van der Waals surface area contributed by atoms with Crippen LogP contribution in [0.15, 0.2) is 6.07 Å². The van der Waals surface area contributed by atoms with E-state index in [9.17, 15) is 0 Å². The van der Waals surface area contributed by atoms with Gasteiger partial charge < -0.3 is 5.73 Å². The SMILES string of the molecule is CCc1cc(C)nc(C2(N)CC2)n1. The summed E-state index contributed by atoms with van der Waals surface area (Å²) in [4.78, 5) is 8.83. The fourth-order valence-electron chi connectivity index (χ4n) is 1.40. The van der Waals surface area contributed by atoms with Crippen molar-refractivity contribution in [2.45, 2.75) is 38.6 Å². The number of hydrogen-bond donors (Lipinski definition) is 1. The molecule has 0 bridgehead atoms. The molecule has 2 N–H and O–H groups in total. The topological polar surface area (TPSA) is 51.8 Å². The molecule has 1 aliphatic rings. The average Bonchev–Trinajstić information content (AvgIpc) is 2.84. The van der Waals surface area contributed by atoms with Crippen molar-refractivity contribution >= 4 is 0 Å². The zero-order chi connectivity index (χ0) is 9.47. The molecule has 1 aliphatic carbocycles. The van der Waals surface area contributed by atoms with Gasteiger partial charge in [-0.15, -0.1) is 0 Å². The van der Waals surface area contributed by atoms with Gasteiger partial charge in [-0.05, 0) is 32.3 Å². The average molecular weight is 177 g/mol. The van der Waals surface area contributed by atoms with E-state index in [4.69, 9.17) is 5.73 Å². The zero-order valence-electron chi connectivity index (χ0n) is 8.17. The summed E-state index contributed by atoms with van der Waals surface area (Å²) in [6.45, 7) is 4.09. The van der Waals surface area contributed by atoms with Crippen molar-refractivity contribution in [1.82, 2.24) is 9.97 Å². The van der Waals surface area contributed by atoms with Crippen molar-refractivity contribution in [3.63, 3.8) is 0 Å². The summed E-state index contributed by atoms with van der Waals surface area (Å²) in [5.74, 6) is 0.837. The summed E-state index contributed by atoms with van der Waals surface area (Å²) in [7, 11) is 0. The Morgan fingerprint density at radius 1 is 1.46 bits per heavy atom. The molecule has 3 nitrogen and oxygen atoms in total. The summed E-state index contributed by atoms with van der Waals surface area (Å²) in [6, 6.07) is 2.02. The van der Waals surface area contributed by atoms with Crippen LogP contribution in [0.2, 0.25) is 0 Å². The lowest BCUT2D eigenvalue weighted by Gasteiger charge is -2.09. The standard InChI is InChI=1S/C10H15N3/c1-3-8-6-7(2)12-9(13-8)10(11)4-5-10/h6H,3-5,11H2,1-2H3. The Balaban J connectivity index is 2.40. The van der Waals surface area contributed by atoms with Gasteiger partial charge in [0, 0.05) is 11.4 Å². The second-order valence-corrected chi connectivity index (χ2v) is 3.83. The molecule has 2 rings (SSSR count). The fraction of sp³-hybridized carbons (Fsp3) is 0.600. The van der Waals surface area contributed by atoms with Crippen molar-refractivity contribution < 1.29 is 0 Å². The monoisotopic (exact) mass is 177 g/mol. The van der Waals surface area contributed by atoms with E-state index in [0.717, 1.165) is 36.5 Å². The maximum Gasteiger partial charge on any atom is 0.148 e. The predicted octanol–water partition coefficient (Wildman–Crippen LogP) is 1.30. The number of nitrogens with two attached hydrogens (primary N) is 1. The quantitative estimate of drug-likeness (QED) is 0.740. The molecule has 0 amide bonds. The van der Waals surface area contributed by atoms with Crippen LogP contribution in [0.5, 0.6) is 0 Å². The minimum Gasteiger partial charge on any atom is -0.319 e. The third-order valence-corrected chi connectivity index (χ3v) is 2.50. The van der Waals surface area contributed by atoms with Gasteiger partial charge in [0.25, 0.3) is 0 Å². The molecule has 0 atom stereocenters. The van der Waals surface area contributed by atoms with E-state index in [2.05, 4.69) is 16.9 Å². The Morgan fingerprint density at radius 2 is 2.15 bits per heavy atom. The lowest BCUT2D eigenvalue weighted by molar-refractivity contribution is 0.659. The first-order chi connectivity index (χ1) is 6.14. The fourth-order valence-corrected chi connectivity index (χ4v) is 1.40. The smallest absolute Gasteiger partial charge is 0.148 e. The summed E-state index contributed by atoms with van der Waals surface area (Å²) in [5, 5.41) is 0. The van der Waals surface area contributed by atoms with Crippen LogP contribution in [0.4, 0.5) is 0 Å². The van der Waals surface area contributed by atoms with Crippen molar-refractivity contribution in [2.75, 3.05) is 0 Å². The molecule has 1 aromatic rings. The highest BCUT2D eigenvalue weighted by molar-refractivity contribution is 5.19. The Kier molecular flexibility index (Phi) is 1.84. The molecule has 1 aromatic heterocycles. The molecule has 0 aromatic carbocycles. The summed E-state index contributed by atoms with van der Waals surface area (Å²) < 4.78 is 0. The minimum absolute atomic E-state index is 0.198. The van der Waals surface area contributed by atoms with Gasteiger partial charge in [-0.25, -0.2) is 9.97 Å². The summed E-state index contributed by atoms with van der Waals surface area (Å²) >= 11 is 0. The van der Waals surface area contributed by atoms with E-state index in [1.807, 2.05) is 13.0 Å². The van der Waals surface area contributed by atoms with Gasteiger partial charge >= 0.3 is 0 Å². The van der Waals surface area contributed by atoms with E-state index in [-0.39, 0.29) is 5.54 Å². The van der Waals surface area contributed by atoms with Crippen molar-refractivity contribution in [1.29, 1.82) is 0 Å².